The zero-order valence-corrected chi connectivity index (χ0v) is 9.32. The fraction of sp³-hybridized carbons (Fsp3) is 0.333. The molecule has 0 amide bonds. The van der Waals surface area contributed by atoms with Crippen molar-refractivity contribution >= 4 is 39.0 Å². The van der Waals surface area contributed by atoms with Gasteiger partial charge in [-0.25, -0.2) is 4.98 Å². The number of hydrogen-bond acceptors (Lipinski definition) is 4. The number of fused-ring (bicyclic) bond motifs is 1. The lowest BCUT2D eigenvalue weighted by Crippen LogP contribution is -2.02. The van der Waals surface area contributed by atoms with Gasteiger partial charge in [-0.1, -0.05) is 6.92 Å². The van der Waals surface area contributed by atoms with Crippen LogP contribution in [0.4, 0.5) is 5.82 Å². The Hall–Kier alpha value is -0.870. The van der Waals surface area contributed by atoms with Crippen LogP contribution in [0.2, 0.25) is 5.28 Å². The van der Waals surface area contributed by atoms with Gasteiger partial charge in [0.1, 0.15) is 5.82 Å². The molecule has 0 spiro atoms. The first-order valence-corrected chi connectivity index (χ1v) is 5.71. The largest absolute Gasteiger partial charge is 0.369 e. The summed E-state index contributed by atoms with van der Waals surface area (Å²) in [7, 11) is 0. The molecule has 0 aliphatic carbocycles. The Morgan fingerprint density at radius 2 is 2.36 bits per heavy atom. The molecule has 0 unspecified atom stereocenters. The van der Waals surface area contributed by atoms with Crippen LogP contribution in [0.3, 0.4) is 0 Å². The highest BCUT2D eigenvalue weighted by Gasteiger charge is 2.06. The summed E-state index contributed by atoms with van der Waals surface area (Å²) >= 11 is 7.43. The lowest BCUT2D eigenvalue weighted by Gasteiger charge is -2.04. The molecule has 0 radical (unpaired) electrons. The number of hydrogen-bond donors (Lipinski definition) is 1. The normalized spacial score (nSPS) is 10.7. The van der Waals surface area contributed by atoms with E-state index in [4.69, 9.17) is 11.6 Å². The molecule has 2 aromatic rings. The molecule has 2 rings (SSSR count). The van der Waals surface area contributed by atoms with Crippen molar-refractivity contribution in [3.05, 3.63) is 16.7 Å². The van der Waals surface area contributed by atoms with Crippen LogP contribution in [0.1, 0.15) is 13.3 Å². The second-order valence-corrected chi connectivity index (χ2v) is 4.16. The number of halogens is 1. The van der Waals surface area contributed by atoms with Gasteiger partial charge in [0.15, 0.2) is 0 Å². The van der Waals surface area contributed by atoms with Crippen molar-refractivity contribution < 1.29 is 0 Å². The monoisotopic (exact) mass is 227 g/mol. The molecule has 5 heteroatoms. The minimum atomic E-state index is 0.300. The molecule has 0 aliphatic rings. The zero-order valence-electron chi connectivity index (χ0n) is 7.75. The Labute approximate surface area is 91.1 Å². The van der Waals surface area contributed by atoms with E-state index < -0.39 is 0 Å². The smallest absolute Gasteiger partial charge is 0.224 e. The van der Waals surface area contributed by atoms with Crippen molar-refractivity contribution in [3.63, 3.8) is 0 Å². The number of aromatic nitrogens is 2. The third kappa shape index (κ3) is 1.81. The second-order valence-electron chi connectivity index (χ2n) is 2.90. The quantitative estimate of drug-likeness (QED) is 0.819. The molecule has 0 aromatic carbocycles. The average Bonchev–Trinajstić information content (AvgIpc) is 2.61. The Morgan fingerprint density at radius 3 is 3.14 bits per heavy atom. The van der Waals surface area contributed by atoms with E-state index in [1.54, 1.807) is 11.3 Å². The van der Waals surface area contributed by atoms with E-state index in [2.05, 4.69) is 22.2 Å². The maximum Gasteiger partial charge on any atom is 0.224 e. The van der Waals surface area contributed by atoms with E-state index in [0.29, 0.717) is 5.28 Å². The predicted molar refractivity (Wildman–Crippen MR) is 61.2 cm³/mol. The Morgan fingerprint density at radius 1 is 1.50 bits per heavy atom. The van der Waals surface area contributed by atoms with E-state index in [9.17, 15) is 0 Å². The van der Waals surface area contributed by atoms with Gasteiger partial charge in [-0.15, -0.1) is 11.3 Å². The van der Waals surface area contributed by atoms with Gasteiger partial charge in [0.2, 0.25) is 5.28 Å². The SMILES string of the molecule is CCCNc1nc(Cl)nc2ccsc12. The molecular formula is C9H10ClN3S. The maximum atomic E-state index is 5.80. The fourth-order valence-corrected chi connectivity index (χ4v) is 2.17. The van der Waals surface area contributed by atoms with Gasteiger partial charge in [0, 0.05) is 6.54 Å². The van der Waals surface area contributed by atoms with Gasteiger partial charge in [-0.3, -0.25) is 0 Å². The van der Waals surface area contributed by atoms with Crippen LogP contribution in [0, 0.1) is 0 Å². The number of anilines is 1. The number of rotatable bonds is 3. The van der Waals surface area contributed by atoms with Crippen LogP contribution >= 0.6 is 22.9 Å². The van der Waals surface area contributed by atoms with Gasteiger partial charge >= 0.3 is 0 Å². The first-order chi connectivity index (χ1) is 6.81. The van der Waals surface area contributed by atoms with Gasteiger partial charge < -0.3 is 5.32 Å². The lowest BCUT2D eigenvalue weighted by molar-refractivity contribution is 0.970. The summed E-state index contributed by atoms with van der Waals surface area (Å²) in [4.78, 5) is 8.29. The molecule has 74 valence electrons. The zero-order chi connectivity index (χ0) is 9.97. The molecular weight excluding hydrogens is 218 g/mol. The average molecular weight is 228 g/mol. The molecule has 14 heavy (non-hydrogen) atoms. The van der Waals surface area contributed by atoms with Crippen molar-refractivity contribution in [3.8, 4) is 0 Å². The standard InChI is InChI=1S/C9H10ClN3S/c1-2-4-11-8-7-6(3-5-14-7)12-9(10)13-8/h3,5H,2,4H2,1H3,(H,11,12,13). The first kappa shape index (κ1) is 9.68. The summed E-state index contributed by atoms with van der Waals surface area (Å²) in [6.45, 7) is 3.02. The van der Waals surface area contributed by atoms with Gasteiger partial charge in [-0.05, 0) is 29.5 Å². The van der Waals surface area contributed by atoms with Crippen LogP contribution in [-0.2, 0) is 0 Å². The van der Waals surface area contributed by atoms with Gasteiger partial charge in [0.25, 0.3) is 0 Å². The highest BCUT2D eigenvalue weighted by atomic mass is 35.5. The van der Waals surface area contributed by atoms with Crippen LogP contribution in [0.5, 0.6) is 0 Å². The Kier molecular flexibility index (Phi) is 2.84. The van der Waals surface area contributed by atoms with E-state index >= 15 is 0 Å². The third-order valence-corrected chi connectivity index (χ3v) is 2.90. The molecule has 2 aromatic heterocycles. The van der Waals surface area contributed by atoms with Crippen LogP contribution < -0.4 is 5.32 Å². The topological polar surface area (TPSA) is 37.8 Å². The molecule has 3 nitrogen and oxygen atoms in total. The fourth-order valence-electron chi connectivity index (χ4n) is 1.20. The third-order valence-electron chi connectivity index (χ3n) is 1.82. The van der Waals surface area contributed by atoms with E-state index in [-0.39, 0.29) is 0 Å². The molecule has 1 N–H and O–H groups in total. The van der Waals surface area contributed by atoms with Crippen LogP contribution in [-0.4, -0.2) is 16.5 Å². The van der Waals surface area contributed by atoms with Crippen molar-refractivity contribution in [2.45, 2.75) is 13.3 Å². The molecule has 0 atom stereocenters. The lowest BCUT2D eigenvalue weighted by atomic mass is 10.4. The summed E-state index contributed by atoms with van der Waals surface area (Å²) in [6.07, 6.45) is 1.06. The summed E-state index contributed by atoms with van der Waals surface area (Å²) in [5.74, 6) is 0.844. The highest BCUT2D eigenvalue weighted by molar-refractivity contribution is 7.17. The summed E-state index contributed by atoms with van der Waals surface area (Å²) < 4.78 is 1.07. The second kappa shape index (κ2) is 4.11. The molecule has 2 heterocycles. The van der Waals surface area contributed by atoms with E-state index in [1.807, 2.05) is 11.4 Å². The van der Waals surface area contributed by atoms with Gasteiger partial charge in [0.05, 0.1) is 10.2 Å². The summed E-state index contributed by atoms with van der Waals surface area (Å²) in [6, 6.07) is 1.95. The molecule has 0 saturated carbocycles. The summed E-state index contributed by atoms with van der Waals surface area (Å²) in [5.41, 5.74) is 0.911. The van der Waals surface area contributed by atoms with Crippen molar-refractivity contribution in [1.82, 2.24) is 9.97 Å². The molecule has 0 aliphatic heterocycles. The van der Waals surface area contributed by atoms with E-state index in [1.165, 1.54) is 0 Å². The van der Waals surface area contributed by atoms with E-state index in [0.717, 1.165) is 29.0 Å². The number of nitrogens with one attached hydrogen (secondary N) is 1. The minimum absolute atomic E-state index is 0.300. The number of thiophene rings is 1. The van der Waals surface area contributed by atoms with Crippen LogP contribution in [0.25, 0.3) is 10.2 Å². The maximum absolute atomic E-state index is 5.80. The Bertz CT molecular complexity index is 441. The highest BCUT2D eigenvalue weighted by Crippen LogP contribution is 2.26. The molecule has 0 fully saturated rings. The van der Waals surface area contributed by atoms with Crippen molar-refractivity contribution in [1.29, 1.82) is 0 Å². The number of nitrogens with zero attached hydrogens (tertiary/aromatic N) is 2. The van der Waals surface area contributed by atoms with Crippen molar-refractivity contribution in [2.75, 3.05) is 11.9 Å². The predicted octanol–water partition coefficient (Wildman–Crippen LogP) is 3.17. The Balaban J connectivity index is 2.44. The van der Waals surface area contributed by atoms with Gasteiger partial charge in [-0.2, -0.15) is 4.98 Å². The minimum Gasteiger partial charge on any atom is -0.369 e. The molecule has 0 saturated heterocycles. The van der Waals surface area contributed by atoms with Crippen LogP contribution in [0.15, 0.2) is 11.4 Å². The van der Waals surface area contributed by atoms with Crippen molar-refractivity contribution in [2.24, 2.45) is 0 Å². The summed E-state index contributed by atoms with van der Waals surface area (Å²) in [5, 5.41) is 5.53. The molecule has 0 bridgehead atoms. The first-order valence-electron chi connectivity index (χ1n) is 4.46.